The summed E-state index contributed by atoms with van der Waals surface area (Å²) in [6.07, 6.45) is 0.693. The van der Waals surface area contributed by atoms with Crippen LogP contribution in [0, 0.1) is 0 Å². The quantitative estimate of drug-likeness (QED) is 0.579. The van der Waals surface area contributed by atoms with Crippen molar-refractivity contribution < 1.29 is 14.3 Å². The van der Waals surface area contributed by atoms with Gasteiger partial charge in [-0.15, -0.1) is 0 Å². The summed E-state index contributed by atoms with van der Waals surface area (Å²) in [5, 5.41) is 0. The van der Waals surface area contributed by atoms with Gasteiger partial charge in [-0.2, -0.15) is 0 Å². The minimum atomic E-state index is -0.663. The van der Waals surface area contributed by atoms with Crippen molar-refractivity contribution in [3.63, 3.8) is 0 Å². The number of Topliss-reactive ketones (excluding diaryl/α,β-unsaturated/α-hetero) is 1. The topological polar surface area (TPSA) is 69.4 Å². The molecule has 0 unspecified atom stereocenters. The third-order valence-corrected chi connectivity index (χ3v) is 1.31. The van der Waals surface area contributed by atoms with Crippen LogP contribution in [0.5, 0.6) is 0 Å². The fourth-order valence-electron chi connectivity index (χ4n) is 0.628. The molecule has 2 N–H and O–H groups in total. The number of esters is 1. The van der Waals surface area contributed by atoms with Crippen molar-refractivity contribution in [2.45, 2.75) is 25.8 Å². The van der Waals surface area contributed by atoms with Crippen LogP contribution in [0.25, 0.3) is 0 Å². The Morgan fingerprint density at radius 1 is 1.55 bits per heavy atom. The molecular weight excluding hydrogens is 146 g/mol. The van der Waals surface area contributed by atoms with Crippen LogP contribution in [0.3, 0.4) is 0 Å². The normalized spacial score (nSPS) is 12.3. The monoisotopic (exact) mass is 159 g/mol. The number of nitrogens with two attached hydrogens (primary N) is 1. The molecule has 4 heteroatoms. The van der Waals surface area contributed by atoms with Crippen molar-refractivity contribution in [1.29, 1.82) is 0 Å². The maximum absolute atomic E-state index is 10.7. The molecule has 0 rings (SSSR count). The molecule has 11 heavy (non-hydrogen) atoms. The Morgan fingerprint density at radius 2 is 2.09 bits per heavy atom. The van der Waals surface area contributed by atoms with E-state index in [1.165, 1.54) is 14.0 Å². The molecule has 0 saturated heterocycles. The van der Waals surface area contributed by atoms with Gasteiger partial charge in [-0.05, 0) is 13.3 Å². The standard InChI is InChI=1S/C7H13NO3/c1-5(9)3-4-6(8)7(10)11-2/h6H,3-4,8H2,1-2H3/t6-/m0/s1. The van der Waals surface area contributed by atoms with Crippen LogP contribution in [-0.2, 0) is 14.3 Å². The van der Waals surface area contributed by atoms with E-state index in [1.54, 1.807) is 0 Å². The van der Waals surface area contributed by atoms with E-state index in [2.05, 4.69) is 4.74 Å². The fourth-order valence-corrected chi connectivity index (χ4v) is 0.628. The predicted molar refractivity (Wildman–Crippen MR) is 39.9 cm³/mol. The zero-order chi connectivity index (χ0) is 8.85. The van der Waals surface area contributed by atoms with Crippen molar-refractivity contribution in [2.24, 2.45) is 5.73 Å². The number of carbonyl (C=O) groups is 2. The van der Waals surface area contributed by atoms with Gasteiger partial charge in [0, 0.05) is 6.42 Å². The second kappa shape index (κ2) is 4.85. The van der Waals surface area contributed by atoms with E-state index in [9.17, 15) is 9.59 Å². The Morgan fingerprint density at radius 3 is 2.45 bits per heavy atom. The Kier molecular flexibility index (Phi) is 4.45. The van der Waals surface area contributed by atoms with Gasteiger partial charge in [0.1, 0.15) is 11.8 Å². The van der Waals surface area contributed by atoms with E-state index in [0.717, 1.165) is 0 Å². The van der Waals surface area contributed by atoms with Gasteiger partial charge in [-0.1, -0.05) is 0 Å². The summed E-state index contributed by atoms with van der Waals surface area (Å²) in [6.45, 7) is 1.46. The molecule has 0 aliphatic carbocycles. The van der Waals surface area contributed by atoms with E-state index in [4.69, 9.17) is 5.73 Å². The highest BCUT2D eigenvalue weighted by Gasteiger charge is 2.13. The highest BCUT2D eigenvalue weighted by atomic mass is 16.5. The van der Waals surface area contributed by atoms with Gasteiger partial charge in [0.25, 0.3) is 0 Å². The summed E-state index contributed by atoms with van der Waals surface area (Å²) in [4.78, 5) is 21.1. The maximum atomic E-state index is 10.7. The largest absolute Gasteiger partial charge is 0.468 e. The molecule has 64 valence electrons. The first kappa shape index (κ1) is 10.1. The van der Waals surface area contributed by atoms with E-state index >= 15 is 0 Å². The lowest BCUT2D eigenvalue weighted by molar-refractivity contribution is -0.142. The van der Waals surface area contributed by atoms with Crippen LogP contribution in [0.15, 0.2) is 0 Å². The molecule has 0 amide bonds. The molecular formula is C7H13NO3. The SMILES string of the molecule is COC(=O)[C@@H](N)CCC(C)=O. The molecule has 0 bridgehead atoms. The van der Waals surface area contributed by atoms with E-state index in [-0.39, 0.29) is 5.78 Å². The number of hydrogen-bond donors (Lipinski definition) is 1. The van der Waals surface area contributed by atoms with Crippen molar-refractivity contribution in [2.75, 3.05) is 7.11 Å². The van der Waals surface area contributed by atoms with Crippen LogP contribution in [0.1, 0.15) is 19.8 Å². The summed E-state index contributed by atoms with van der Waals surface area (Å²) in [6, 6.07) is -0.663. The van der Waals surface area contributed by atoms with Gasteiger partial charge in [0.15, 0.2) is 0 Å². The second-order valence-corrected chi connectivity index (χ2v) is 2.37. The molecule has 0 aliphatic heterocycles. The van der Waals surface area contributed by atoms with Crippen molar-refractivity contribution >= 4 is 11.8 Å². The lowest BCUT2D eigenvalue weighted by Crippen LogP contribution is -2.31. The molecule has 1 atom stereocenters. The van der Waals surface area contributed by atoms with Gasteiger partial charge in [-0.25, -0.2) is 0 Å². The number of ether oxygens (including phenoxy) is 1. The van der Waals surface area contributed by atoms with Crippen LogP contribution >= 0.6 is 0 Å². The average Bonchev–Trinajstić information content (AvgIpc) is 1.98. The number of methoxy groups -OCH3 is 1. The Bertz CT molecular complexity index is 156. The summed E-state index contributed by atoms with van der Waals surface area (Å²) >= 11 is 0. The number of hydrogen-bond acceptors (Lipinski definition) is 4. The summed E-state index contributed by atoms with van der Waals surface area (Å²) in [7, 11) is 1.27. The van der Waals surface area contributed by atoms with Crippen molar-refractivity contribution in [3.05, 3.63) is 0 Å². The molecule has 0 fully saturated rings. The van der Waals surface area contributed by atoms with Crippen molar-refractivity contribution in [3.8, 4) is 0 Å². The van der Waals surface area contributed by atoms with E-state index in [1.807, 2.05) is 0 Å². The average molecular weight is 159 g/mol. The Balaban J connectivity index is 3.60. The molecule has 0 saturated carbocycles. The van der Waals surface area contributed by atoms with E-state index in [0.29, 0.717) is 12.8 Å². The smallest absolute Gasteiger partial charge is 0.322 e. The lowest BCUT2D eigenvalue weighted by Gasteiger charge is -2.06. The maximum Gasteiger partial charge on any atom is 0.322 e. The number of rotatable bonds is 4. The van der Waals surface area contributed by atoms with Crippen LogP contribution in [-0.4, -0.2) is 24.9 Å². The molecule has 4 nitrogen and oxygen atoms in total. The van der Waals surface area contributed by atoms with Crippen LogP contribution in [0.4, 0.5) is 0 Å². The first-order valence-corrected chi connectivity index (χ1v) is 3.40. The Hall–Kier alpha value is -0.900. The highest BCUT2D eigenvalue weighted by Crippen LogP contribution is 1.96. The van der Waals surface area contributed by atoms with Gasteiger partial charge in [0.05, 0.1) is 7.11 Å². The van der Waals surface area contributed by atoms with Gasteiger partial charge in [0.2, 0.25) is 0 Å². The highest BCUT2D eigenvalue weighted by molar-refractivity contribution is 5.78. The first-order chi connectivity index (χ1) is 5.07. The van der Waals surface area contributed by atoms with Crippen LogP contribution in [0.2, 0.25) is 0 Å². The van der Waals surface area contributed by atoms with Gasteiger partial charge < -0.3 is 15.3 Å². The van der Waals surface area contributed by atoms with Gasteiger partial charge in [-0.3, -0.25) is 4.79 Å². The molecule has 0 radical (unpaired) electrons. The molecule has 0 spiro atoms. The first-order valence-electron chi connectivity index (χ1n) is 3.40. The zero-order valence-corrected chi connectivity index (χ0v) is 6.79. The lowest BCUT2D eigenvalue weighted by atomic mass is 10.1. The fraction of sp³-hybridized carbons (Fsp3) is 0.714. The summed E-state index contributed by atoms with van der Waals surface area (Å²) in [5.74, 6) is -0.435. The third kappa shape index (κ3) is 4.50. The third-order valence-electron chi connectivity index (χ3n) is 1.31. The summed E-state index contributed by atoms with van der Waals surface area (Å²) < 4.78 is 4.37. The zero-order valence-electron chi connectivity index (χ0n) is 6.79. The van der Waals surface area contributed by atoms with Gasteiger partial charge >= 0.3 is 5.97 Å². The molecule has 0 aromatic rings. The minimum absolute atomic E-state index is 0.0318. The predicted octanol–water partition coefficient (Wildman–Crippen LogP) is -0.144. The second-order valence-electron chi connectivity index (χ2n) is 2.37. The molecule has 0 aromatic heterocycles. The van der Waals surface area contributed by atoms with Crippen molar-refractivity contribution in [1.82, 2.24) is 0 Å². The summed E-state index contributed by atoms with van der Waals surface area (Å²) in [5.41, 5.74) is 5.35. The molecule has 0 aromatic carbocycles. The number of ketones is 1. The number of carbonyl (C=O) groups excluding carboxylic acids is 2. The molecule has 0 heterocycles. The van der Waals surface area contributed by atoms with Crippen LogP contribution < -0.4 is 5.73 Å². The minimum Gasteiger partial charge on any atom is -0.468 e. The molecule has 0 aliphatic rings. The Labute approximate surface area is 65.7 Å². The van der Waals surface area contributed by atoms with E-state index < -0.39 is 12.0 Å².